The van der Waals surface area contributed by atoms with Crippen molar-refractivity contribution in [2.24, 2.45) is 0 Å². The highest BCUT2D eigenvalue weighted by Crippen LogP contribution is 2.31. The number of carbonyl (C=O) groups is 1. The van der Waals surface area contributed by atoms with E-state index >= 15 is 0 Å². The minimum atomic E-state index is -0.222. The highest BCUT2D eigenvalue weighted by Gasteiger charge is 2.27. The SMILES string of the molecule is [CH2]C(Cc1ccccc1)N(Cc1ccccc1)C(=O)c1nc(C)sc1-c1ccccc1. The van der Waals surface area contributed by atoms with Gasteiger partial charge in [-0.05, 0) is 37.0 Å². The van der Waals surface area contributed by atoms with E-state index in [1.54, 1.807) is 11.3 Å². The fourth-order valence-electron chi connectivity index (χ4n) is 3.64. The molecule has 4 aromatic rings. The average Bonchev–Trinajstić information content (AvgIpc) is 3.20. The van der Waals surface area contributed by atoms with E-state index in [4.69, 9.17) is 0 Å². The minimum absolute atomic E-state index is 0.0806. The largest absolute Gasteiger partial charge is 0.330 e. The number of benzene rings is 3. The Kier molecular flexibility index (Phi) is 6.58. The van der Waals surface area contributed by atoms with Crippen molar-refractivity contribution < 1.29 is 4.79 Å². The molecule has 1 heterocycles. The zero-order chi connectivity index (χ0) is 21.6. The summed E-state index contributed by atoms with van der Waals surface area (Å²) in [6.07, 6.45) is 0.684. The van der Waals surface area contributed by atoms with Crippen LogP contribution < -0.4 is 0 Å². The van der Waals surface area contributed by atoms with Gasteiger partial charge >= 0.3 is 0 Å². The lowest BCUT2D eigenvalue weighted by atomic mass is 10.0. The smallest absolute Gasteiger partial charge is 0.274 e. The zero-order valence-corrected chi connectivity index (χ0v) is 18.4. The van der Waals surface area contributed by atoms with Gasteiger partial charge in [0, 0.05) is 12.6 Å². The first kappa shape index (κ1) is 21.0. The van der Waals surface area contributed by atoms with Crippen molar-refractivity contribution in [1.29, 1.82) is 0 Å². The predicted molar refractivity (Wildman–Crippen MR) is 128 cm³/mol. The Morgan fingerprint density at radius 3 is 2.06 bits per heavy atom. The predicted octanol–water partition coefficient (Wildman–Crippen LogP) is 6.21. The highest BCUT2D eigenvalue weighted by atomic mass is 32.1. The second kappa shape index (κ2) is 9.71. The molecule has 0 aliphatic rings. The molecule has 0 bridgehead atoms. The molecule has 155 valence electrons. The Bertz CT molecular complexity index is 1120. The summed E-state index contributed by atoms with van der Waals surface area (Å²) >= 11 is 1.56. The Labute approximate surface area is 188 Å². The molecule has 31 heavy (non-hydrogen) atoms. The van der Waals surface area contributed by atoms with Crippen molar-refractivity contribution in [2.75, 3.05) is 0 Å². The summed E-state index contributed by atoms with van der Waals surface area (Å²) in [5.41, 5.74) is 3.75. The monoisotopic (exact) mass is 425 g/mol. The van der Waals surface area contributed by atoms with Gasteiger partial charge in [0.25, 0.3) is 5.91 Å². The molecule has 1 aromatic heterocycles. The quantitative estimate of drug-likeness (QED) is 0.353. The first-order chi connectivity index (χ1) is 15.1. The third-order valence-corrected chi connectivity index (χ3v) is 6.20. The molecule has 1 amide bonds. The van der Waals surface area contributed by atoms with Crippen LogP contribution >= 0.6 is 11.3 Å². The molecule has 3 nitrogen and oxygen atoms in total. The first-order valence-electron chi connectivity index (χ1n) is 10.4. The van der Waals surface area contributed by atoms with Gasteiger partial charge in [0.15, 0.2) is 0 Å². The molecule has 0 spiro atoms. The number of aromatic nitrogens is 1. The van der Waals surface area contributed by atoms with Gasteiger partial charge in [0.2, 0.25) is 0 Å². The lowest BCUT2D eigenvalue weighted by Gasteiger charge is -2.29. The van der Waals surface area contributed by atoms with E-state index in [0.29, 0.717) is 18.7 Å². The molecule has 0 saturated carbocycles. The standard InChI is InChI=1S/C27H25N2OS/c1-20(18-22-12-6-3-7-13-22)29(19-23-14-8-4-9-15-23)27(30)25-26(31-21(2)28-25)24-16-10-5-11-17-24/h3-17,20H,1,18-19H2,2H3. The number of aryl methyl sites for hydroxylation is 1. The lowest BCUT2D eigenvalue weighted by molar-refractivity contribution is 0.0691. The van der Waals surface area contributed by atoms with Gasteiger partial charge in [0.1, 0.15) is 5.69 Å². The molecule has 0 N–H and O–H groups in total. The van der Waals surface area contributed by atoms with E-state index in [1.165, 1.54) is 0 Å². The summed E-state index contributed by atoms with van der Waals surface area (Å²) < 4.78 is 0. The Morgan fingerprint density at radius 2 is 1.45 bits per heavy atom. The van der Waals surface area contributed by atoms with Crippen LogP contribution in [-0.4, -0.2) is 21.8 Å². The van der Waals surface area contributed by atoms with Crippen LogP contribution in [0.1, 0.15) is 26.6 Å². The zero-order valence-electron chi connectivity index (χ0n) is 17.6. The normalized spacial score (nSPS) is 11.8. The van der Waals surface area contributed by atoms with Gasteiger partial charge in [-0.2, -0.15) is 0 Å². The van der Waals surface area contributed by atoms with Crippen molar-refractivity contribution in [3.05, 3.63) is 120 Å². The molecular weight excluding hydrogens is 400 g/mol. The van der Waals surface area contributed by atoms with Crippen LogP contribution in [-0.2, 0) is 13.0 Å². The molecule has 1 atom stereocenters. The van der Waals surface area contributed by atoms with Gasteiger partial charge in [-0.3, -0.25) is 4.79 Å². The number of thiazole rings is 1. The maximum atomic E-state index is 13.8. The second-order valence-electron chi connectivity index (χ2n) is 7.54. The molecular formula is C27H25N2OS. The number of rotatable bonds is 7. The fourth-order valence-corrected chi connectivity index (χ4v) is 4.55. The van der Waals surface area contributed by atoms with Crippen molar-refractivity contribution in [1.82, 2.24) is 9.88 Å². The lowest BCUT2D eigenvalue weighted by Crippen LogP contribution is -2.40. The van der Waals surface area contributed by atoms with Crippen molar-refractivity contribution in [2.45, 2.75) is 25.9 Å². The average molecular weight is 426 g/mol. The number of nitrogens with zero attached hydrogens (tertiary/aromatic N) is 2. The molecule has 4 heteroatoms. The van der Waals surface area contributed by atoms with E-state index in [9.17, 15) is 4.79 Å². The highest BCUT2D eigenvalue weighted by molar-refractivity contribution is 7.15. The van der Waals surface area contributed by atoms with Gasteiger partial charge in [0.05, 0.1) is 9.88 Å². The summed E-state index contributed by atoms with van der Waals surface area (Å²) in [6, 6.07) is 30.0. The van der Waals surface area contributed by atoms with Crippen LogP contribution in [0.25, 0.3) is 10.4 Å². The van der Waals surface area contributed by atoms with Crippen LogP contribution in [0, 0.1) is 13.8 Å². The molecule has 1 unspecified atom stereocenters. The van der Waals surface area contributed by atoms with E-state index in [0.717, 1.165) is 26.6 Å². The van der Waals surface area contributed by atoms with E-state index in [2.05, 4.69) is 24.0 Å². The number of hydrogen-bond donors (Lipinski definition) is 0. The summed E-state index contributed by atoms with van der Waals surface area (Å²) in [5, 5.41) is 0.880. The van der Waals surface area contributed by atoms with Gasteiger partial charge in [-0.25, -0.2) is 4.98 Å². The van der Waals surface area contributed by atoms with E-state index in [-0.39, 0.29) is 11.9 Å². The van der Waals surface area contributed by atoms with Crippen molar-refractivity contribution >= 4 is 17.2 Å². The van der Waals surface area contributed by atoms with Gasteiger partial charge in [-0.1, -0.05) is 91.0 Å². The van der Waals surface area contributed by atoms with Crippen LogP contribution in [0.5, 0.6) is 0 Å². The molecule has 0 fully saturated rings. The summed E-state index contributed by atoms with van der Waals surface area (Å²) in [4.78, 5) is 21.2. The van der Waals surface area contributed by atoms with Crippen LogP contribution in [0.4, 0.5) is 0 Å². The third-order valence-electron chi connectivity index (χ3n) is 5.18. The van der Waals surface area contributed by atoms with E-state index in [1.807, 2.05) is 90.7 Å². The van der Waals surface area contributed by atoms with Crippen LogP contribution in [0.2, 0.25) is 0 Å². The van der Waals surface area contributed by atoms with E-state index < -0.39 is 0 Å². The minimum Gasteiger partial charge on any atom is -0.330 e. The molecule has 1 radical (unpaired) electrons. The van der Waals surface area contributed by atoms with Crippen LogP contribution in [0.15, 0.2) is 91.0 Å². The molecule has 3 aromatic carbocycles. The maximum Gasteiger partial charge on any atom is 0.274 e. The Balaban J connectivity index is 1.69. The molecule has 0 aliphatic carbocycles. The van der Waals surface area contributed by atoms with Gasteiger partial charge < -0.3 is 4.90 Å². The van der Waals surface area contributed by atoms with Crippen LogP contribution in [0.3, 0.4) is 0 Å². The first-order valence-corrected chi connectivity index (χ1v) is 11.2. The summed E-state index contributed by atoms with van der Waals surface area (Å²) in [7, 11) is 0. The van der Waals surface area contributed by atoms with Crippen molar-refractivity contribution in [3.8, 4) is 10.4 Å². The fraction of sp³-hybridized carbons (Fsp3) is 0.148. The molecule has 0 aliphatic heterocycles. The Morgan fingerprint density at radius 1 is 0.903 bits per heavy atom. The topological polar surface area (TPSA) is 33.2 Å². The maximum absolute atomic E-state index is 13.8. The molecule has 4 rings (SSSR count). The summed E-state index contributed by atoms with van der Waals surface area (Å²) in [5.74, 6) is -0.0806. The number of carbonyl (C=O) groups excluding carboxylic acids is 1. The van der Waals surface area contributed by atoms with Gasteiger partial charge in [-0.15, -0.1) is 11.3 Å². The number of hydrogen-bond acceptors (Lipinski definition) is 3. The third kappa shape index (κ3) is 5.09. The van der Waals surface area contributed by atoms with Crippen molar-refractivity contribution in [3.63, 3.8) is 0 Å². The Hall–Kier alpha value is -3.24. The number of amides is 1. The summed E-state index contributed by atoms with van der Waals surface area (Å²) in [6.45, 7) is 6.80. The molecule has 0 saturated heterocycles. The second-order valence-corrected chi connectivity index (χ2v) is 8.74.